The molecule has 43 heavy (non-hydrogen) atoms. The van der Waals surface area contributed by atoms with Gasteiger partial charge in [-0.1, -0.05) is 53.5 Å². The molecule has 1 aliphatic carbocycles. The Morgan fingerprint density at radius 1 is 1.00 bits per heavy atom. The van der Waals surface area contributed by atoms with Gasteiger partial charge in [0.1, 0.15) is 11.9 Å². The number of nitrogens with zero attached hydrogens (tertiary/aromatic N) is 3. The van der Waals surface area contributed by atoms with Crippen LogP contribution in [0.2, 0.25) is 10.0 Å². The van der Waals surface area contributed by atoms with Gasteiger partial charge in [-0.05, 0) is 101 Å². The molecule has 0 spiro atoms. The number of alkyl halides is 1. The zero-order valence-corrected chi connectivity index (χ0v) is 26.9. The molecule has 0 N–H and O–H groups in total. The average Bonchev–Trinajstić information content (AvgIpc) is 3.56. The van der Waals surface area contributed by atoms with Gasteiger partial charge in [0.15, 0.2) is 4.80 Å². The molecule has 1 aliphatic heterocycles. The van der Waals surface area contributed by atoms with E-state index in [0.29, 0.717) is 16.5 Å². The predicted octanol–water partition coefficient (Wildman–Crippen LogP) is 8.70. The molecule has 2 heterocycles. The van der Waals surface area contributed by atoms with Crippen LogP contribution in [0.15, 0.2) is 71.0 Å². The van der Waals surface area contributed by atoms with Gasteiger partial charge >= 0.3 is 0 Å². The van der Waals surface area contributed by atoms with Crippen LogP contribution in [0.5, 0.6) is 5.75 Å². The van der Waals surface area contributed by atoms with Crippen molar-refractivity contribution in [3.63, 3.8) is 0 Å². The topological polar surface area (TPSA) is 29.8 Å². The highest BCUT2D eigenvalue weighted by molar-refractivity contribution is 7.07. The van der Waals surface area contributed by atoms with Crippen LogP contribution < -0.4 is 9.54 Å². The summed E-state index contributed by atoms with van der Waals surface area (Å²) in [6, 6.07) is 21.1. The van der Waals surface area contributed by atoms with Crippen LogP contribution in [0.3, 0.4) is 0 Å². The SMILES string of the molecule is CN=c1scc(-c2ccc3c(c2)CCCC(c2ccc(Cl)cc2Cl)=C3c2ccc(OC3CCN(CCCF)C3)cc2)n1C. The molecule has 0 saturated carbocycles. The minimum atomic E-state index is -0.268. The van der Waals surface area contributed by atoms with E-state index in [9.17, 15) is 4.39 Å². The number of benzene rings is 3. The standard InChI is InChI=1S/C35H36Cl2FN3OS/c1-39-35-40(2)33(22-43-35)25-9-13-29-24(19-25)5-3-6-31(30-14-10-26(36)20-32(30)37)34(29)23-7-11-27(12-8-23)42-28-15-18-41(21-28)17-4-16-38/h7-14,19-20,22,28H,3-6,15-18,21H2,1-2H3. The summed E-state index contributed by atoms with van der Waals surface area (Å²) in [6.45, 7) is 2.32. The second-order valence-corrected chi connectivity index (χ2v) is 13.0. The first-order valence-corrected chi connectivity index (χ1v) is 16.5. The van der Waals surface area contributed by atoms with Crippen LogP contribution in [0.25, 0.3) is 22.4 Å². The number of rotatable bonds is 8. The predicted molar refractivity (Wildman–Crippen MR) is 178 cm³/mol. The quantitative estimate of drug-likeness (QED) is 0.194. The Hall–Kier alpha value is -2.90. The summed E-state index contributed by atoms with van der Waals surface area (Å²) < 4.78 is 21.1. The lowest BCUT2D eigenvalue weighted by Crippen LogP contribution is -2.26. The third kappa shape index (κ3) is 6.48. The number of halogens is 3. The number of allylic oxidation sites excluding steroid dienone is 1. The first-order chi connectivity index (χ1) is 20.9. The smallest absolute Gasteiger partial charge is 0.184 e. The van der Waals surface area contributed by atoms with Gasteiger partial charge < -0.3 is 9.30 Å². The second-order valence-electron chi connectivity index (χ2n) is 11.3. The van der Waals surface area contributed by atoms with Crippen molar-refractivity contribution < 1.29 is 9.13 Å². The fourth-order valence-corrected chi connectivity index (χ4v) is 7.78. The van der Waals surface area contributed by atoms with Crippen molar-refractivity contribution in [3.05, 3.63) is 103 Å². The van der Waals surface area contributed by atoms with Gasteiger partial charge in [0.2, 0.25) is 0 Å². The molecule has 3 aromatic carbocycles. The molecule has 4 nitrogen and oxygen atoms in total. The number of hydrogen-bond donors (Lipinski definition) is 0. The molecule has 0 bridgehead atoms. The van der Waals surface area contributed by atoms with Crippen molar-refractivity contribution in [3.8, 4) is 17.0 Å². The lowest BCUT2D eigenvalue weighted by molar-refractivity contribution is 0.198. The van der Waals surface area contributed by atoms with E-state index in [4.69, 9.17) is 27.9 Å². The zero-order chi connectivity index (χ0) is 29.9. The van der Waals surface area contributed by atoms with Crippen molar-refractivity contribution in [1.82, 2.24) is 9.47 Å². The fraction of sp³-hybridized carbons (Fsp3) is 0.343. The number of ether oxygens (including phenoxy) is 1. The highest BCUT2D eigenvalue weighted by atomic mass is 35.5. The van der Waals surface area contributed by atoms with E-state index >= 15 is 0 Å². The number of hydrogen-bond acceptors (Lipinski definition) is 4. The van der Waals surface area contributed by atoms with E-state index in [0.717, 1.165) is 67.0 Å². The highest BCUT2D eigenvalue weighted by Gasteiger charge is 2.25. The molecule has 1 unspecified atom stereocenters. The molecule has 1 fully saturated rings. The summed E-state index contributed by atoms with van der Waals surface area (Å²) in [7, 11) is 3.91. The molecule has 1 aromatic heterocycles. The molecule has 8 heteroatoms. The van der Waals surface area contributed by atoms with E-state index in [1.807, 2.05) is 25.2 Å². The lowest BCUT2D eigenvalue weighted by Gasteiger charge is -2.19. The number of aromatic nitrogens is 1. The zero-order valence-electron chi connectivity index (χ0n) is 24.6. The van der Waals surface area contributed by atoms with Gasteiger partial charge in [0, 0.05) is 49.2 Å². The number of aryl methyl sites for hydroxylation is 1. The van der Waals surface area contributed by atoms with Crippen molar-refractivity contribution in [2.45, 2.75) is 38.2 Å². The molecule has 1 saturated heterocycles. The Bertz CT molecular complexity index is 1710. The molecule has 2 aliphatic rings. The summed E-state index contributed by atoms with van der Waals surface area (Å²) in [5.74, 6) is 0.860. The molecule has 4 aromatic rings. The van der Waals surface area contributed by atoms with Crippen LogP contribution in [0.1, 0.15) is 47.9 Å². The maximum atomic E-state index is 12.6. The van der Waals surface area contributed by atoms with Crippen LogP contribution in [-0.4, -0.2) is 48.9 Å². The summed E-state index contributed by atoms with van der Waals surface area (Å²) in [6.07, 6.45) is 4.57. The Morgan fingerprint density at radius 3 is 2.53 bits per heavy atom. The second kappa shape index (κ2) is 13.4. The lowest BCUT2D eigenvalue weighted by atomic mass is 9.87. The molecule has 1 atom stereocenters. The van der Waals surface area contributed by atoms with Crippen LogP contribution in [-0.2, 0) is 13.5 Å². The van der Waals surface area contributed by atoms with Crippen molar-refractivity contribution >= 4 is 45.7 Å². The molecular formula is C35H36Cl2FN3OS. The van der Waals surface area contributed by atoms with E-state index in [-0.39, 0.29) is 12.8 Å². The summed E-state index contributed by atoms with van der Waals surface area (Å²) in [5, 5.41) is 3.48. The van der Waals surface area contributed by atoms with Crippen LogP contribution in [0.4, 0.5) is 4.39 Å². The molecular weight excluding hydrogens is 600 g/mol. The van der Waals surface area contributed by atoms with Crippen molar-refractivity contribution in [2.75, 3.05) is 33.4 Å². The third-order valence-corrected chi connectivity index (χ3v) is 10.1. The maximum absolute atomic E-state index is 12.6. The van der Waals surface area contributed by atoms with Gasteiger partial charge in [-0.2, -0.15) is 0 Å². The van der Waals surface area contributed by atoms with E-state index in [1.165, 1.54) is 33.5 Å². The Labute approximate surface area is 267 Å². The van der Waals surface area contributed by atoms with E-state index < -0.39 is 0 Å². The van der Waals surface area contributed by atoms with Gasteiger partial charge in [-0.15, -0.1) is 11.3 Å². The Morgan fingerprint density at radius 2 is 1.79 bits per heavy atom. The first kappa shape index (κ1) is 30.1. The summed E-state index contributed by atoms with van der Waals surface area (Å²) in [4.78, 5) is 7.69. The maximum Gasteiger partial charge on any atom is 0.184 e. The molecule has 0 amide bonds. The van der Waals surface area contributed by atoms with Crippen LogP contribution in [0, 0.1) is 0 Å². The highest BCUT2D eigenvalue weighted by Crippen LogP contribution is 2.43. The average molecular weight is 637 g/mol. The molecule has 0 radical (unpaired) electrons. The third-order valence-electron chi connectivity index (χ3n) is 8.50. The van der Waals surface area contributed by atoms with Gasteiger partial charge in [0.25, 0.3) is 0 Å². The minimum Gasteiger partial charge on any atom is -0.489 e. The summed E-state index contributed by atoms with van der Waals surface area (Å²) >= 11 is 14.8. The van der Waals surface area contributed by atoms with Gasteiger partial charge in [-0.25, -0.2) is 0 Å². The summed E-state index contributed by atoms with van der Waals surface area (Å²) in [5.41, 5.74) is 9.51. The fourth-order valence-electron chi connectivity index (χ4n) is 6.39. The number of fused-ring (bicyclic) bond motifs is 1. The normalized spacial score (nSPS) is 17.8. The van der Waals surface area contributed by atoms with Gasteiger partial charge in [-0.3, -0.25) is 14.3 Å². The van der Waals surface area contributed by atoms with Crippen molar-refractivity contribution in [1.29, 1.82) is 0 Å². The number of thiazole rings is 1. The Balaban J connectivity index is 1.38. The van der Waals surface area contributed by atoms with E-state index in [1.54, 1.807) is 11.3 Å². The first-order valence-electron chi connectivity index (χ1n) is 14.9. The monoisotopic (exact) mass is 635 g/mol. The molecule has 224 valence electrons. The largest absolute Gasteiger partial charge is 0.489 e. The molecule has 6 rings (SSSR count). The van der Waals surface area contributed by atoms with E-state index in [2.05, 4.69) is 69.4 Å². The van der Waals surface area contributed by atoms with Crippen LogP contribution >= 0.6 is 34.5 Å². The number of likely N-dealkylation sites (tertiary alicyclic amines) is 1. The Kier molecular flexibility index (Phi) is 9.39. The minimum absolute atomic E-state index is 0.129. The van der Waals surface area contributed by atoms with Crippen molar-refractivity contribution in [2.24, 2.45) is 12.0 Å². The van der Waals surface area contributed by atoms with Gasteiger partial charge in [0.05, 0.1) is 12.4 Å².